The topological polar surface area (TPSA) is 61.4 Å². The van der Waals surface area contributed by atoms with Crippen molar-refractivity contribution in [1.29, 1.82) is 0 Å². The van der Waals surface area contributed by atoms with Crippen LogP contribution < -0.4 is 15.5 Å². The molecular weight excluding hydrogens is 302 g/mol. The minimum Gasteiger partial charge on any atom is -0.364 e. The fourth-order valence-electron chi connectivity index (χ4n) is 2.78. The number of benzene rings is 2. The van der Waals surface area contributed by atoms with Crippen LogP contribution in [-0.4, -0.2) is 32.0 Å². The zero-order valence-electron chi connectivity index (χ0n) is 13.9. The van der Waals surface area contributed by atoms with E-state index < -0.39 is 0 Å². The SMILES string of the molecule is Cc1ccc(CCNC(=O)c2ccc3c(c2)NC(=O)CN3C)cc1. The van der Waals surface area contributed by atoms with E-state index >= 15 is 0 Å². The van der Waals surface area contributed by atoms with Crippen molar-refractivity contribution in [3.05, 3.63) is 59.2 Å². The van der Waals surface area contributed by atoms with Gasteiger partial charge in [0.25, 0.3) is 5.91 Å². The first-order chi connectivity index (χ1) is 11.5. The smallest absolute Gasteiger partial charge is 0.251 e. The van der Waals surface area contributed by atoms with Gasteiger partial charge in [-0.25, -0.2) is 0 Å². The van der Waals surface area contributed by atoms with Gasteiger partial charge in [0.1, 0.15) is 0 Å². The van der Waals surface area contributed by atoms with Crippen LogP contribution in [0.3, 0.4) is 0 Å². The molecule has 0 atom stereocenters. The molecule has 1 heterocycles. The number of hydrogen-bond donors (Lipinski definition) is 2. The van der Waals surface area contributed by atoms with Crippen molar-refractivity contribution < 1.29 is 9.59 Å². The van der Waals surface area contributed by atoms with E-state index in [1.54, 1.807) is 12.1 Å². The number of hydrogen-bond acceptors (Lipinski definition) is 3. The summed E-state index contributed by atoms with van der Waals surface area (Å²) in [4.78, 5) is 25.8. The van der Waals surface area contributed by atoms with Crippen LogP contribution in [0.2, 0.25) is 0 Å². The van der Waals surface area contributed by atoms with Crippen molar-refractivity contribution >= 4 is 23.2 Å². The molecule has 0 saturated carbocycles. The normalized spacial score (nSPS) is 13.2. The van der Waals surface area contributed by atoms with E-state index in [0.717, 1.165) is 12.1 Å². The number of aryl methyl sites for hydroxylation is 1. The first-order valence-corrected chi connectivity index (χ1v) is 8.02. The predicted molar refractivity (Wildman–Crippen MR) is 95.6 cm³/mol. The van der Waals surface area contributed by atoms with Gasteiger partial charge in [-0.1, -0.05) is 29.8 Å². The molecule has 5 nitrogen and oxygen atoms in total. The van der Waals surface area contributed by atoms with Crippen molar-refractivity contribution in [1.82, 2.24) is 5.32 Å². The van der Waals surface area contributed by atoms with Crippen molar-refractivity contribution in [2.24, 2.45) is 0 Å². The van der Waals surface area contributed by atoms with Crippen molar-refractivity contribution in [3.63, 3.8) is 0 Å². The molecule has 24 heavy (non-hydrogen) atoms. The molecule has 2 N–H and O–H groups in total. The standard InChI is InChI=1S/C19H21N3O2/c1-13-3-5-14(6-4-13)9-10-20-19(24)15-7-8-17-16(11-15)21-18(23)12-22(17)2/h3-8,11H,9-10,12H2,1-2H3,(H,20,24)(H,21,23). The second-order valence-electron chi connectivity index (χ2n) is 6.13. The van der Waals surface area contributed by atoms with E-state index in [1.807, 2.05) is 18.0 Å². The molecular formula is C19H21N3O2. The Balaban J connectivity index is 1.62. The molecule has 0 aliphatic carbocycles. The lowest BCUT2D eigenvalue weighted by Gasteiger charge is -2.27. The Hall–Kier alpha value is -2.82. The summed E-state index contributed by atoms with van der Waals surface area (Å²) in [6, 6.07) is 13.7. The average Bonchev–Trinajstić information content (AvgIpc) is 2.56. The number of rotatable bonds is 4. The molecule has 0 fully saturated rings. The number of fused-ring (bicyclic) bond motifs is 1. The Morgan fingerprint density at radius 3 is 2.71 bits per heavy atom. The third kappa shape index (κ3) is 3.56. The summed E-state index contributed by atoms with van der Waals surface area (Å²) < 4.78 is 0. The number of anilines is 2. The molecule has 1 aliphatic heterocycles. The van der Waals surface area contributed by atoms with Gasteiger partial charge in [0.2, 0.25) is 5.91 Å². The number of amides is 2. The quantitative estimate of drug-likeness (QED) is 0.908. The lowest BCUT2D eigenvalue weighted by Crippen LogP contribution is -2.35. The molecule has 124 valence electrons. The minimum absolute atomic E-state index is 0.0677. The first kappa shape index (κ1) is 16.1. The Bertz CT molecular complexity index is 769. The fraction of sp³-hybridized carbons (Fsp3) is 0.263. The van der Waals surface area contributed by atoms with Gasteiger partial charge in [-0.05, 0) is 37.1 Å². The van der Waals surface area contributed by atoms with Gasteiger partial charge in [0.05, 0.1) is 17.9 Å². The van der Waals surface area contributed by atoms with Crippen LogP contribution in [0.4, 0.5) is 11.4 Å². The molecule has 0 radical (unpaired) electrons. The maximum Gasteiger partial charge on any atom is 0.251 e. The third-order valence-electron chi connectivity index (χ3n) is 4.14. The summed E-state index contributed by atoms with van der Waals surface area (Å²) in [5.41, 5.74) is 4.57. The second-order valence-corrected chi connectivity index (χ2v) is 6.13. The van der Waals surface area contributed by atoms with Gasteiger partial charge in [-0.15, -0.1) is 0 Å². The van der Waals surface area contributed by atoms with Crippen LogP contribution in [0.1, 0.15) is 21.5 Å². The highest BCUT2D eigenvalue weighted by atomic mass is 16.2. The zero-order chi connectivity index (χ0) is 17.1. The van der Waals surface area contributed by atoms with Gasteiger partial charge < -0.3 is 15.5 Å². The average molecular weight is 323 g/mol. The Labute approximate surface area is 141 Å². The molecule has 1 aliphatic rings. The van der Waals surface area contributed by atoms with E-state index in [9.17, 15) is 9.59 Å². The molecule has 0 aromatic heterocycles. The number of likely N-dealkylation sites (N-methyl/N-ethyl adjacent to an activating group) is 1. The van der Waals surface area contributed by atoms with Crippen LogP contribution in [0.5, 0.6) is 0 Å². The third-order valence-corrected chi connectivity index (χ3v) is 4.14. The van der Waals surface area contributed by atoms with Crippen LogP contribution in [0.25, 0.3) is 0 Å². The Morgan fingerprint density at radius 1 is 1.21 bits per heavy atom. The monoisotopic (exact) mass is 323 g/mol. The van der Waals surface area contributed by atoms with E-state index in [-0.39, 0.29) is 11.8 Å². The van der Waals surface area contributed by atoms with Crippen LogP contribution in [-0.2, 0) is 11.2 Å². The van der Waals surface area contributed by atoms with Gasteiger partial charge in [0, 0.05) is 19.2 Å². The highest BCUT2D eigenvalue weighted by Crippen LogP contribution is 2.29. The lowest BCUT2D eigenvalue weighted by molar-refractivity contribution is -0.115. The molecule has 2 aromatic rings. The summed E-state index contributed by atoms with van der Waals surface area (Å²) >= 11 is 0. The highest BCUT2D eigenvalue weighted by molar-refractivity contribution is 6.03. The van der Waals surface area contributed by atoms with Crippen LogP contribution in [0, 0.1) is 6.92 Å². The Kier molecular flexibility index (Phi) is 4.51. The summed E-state index contributed by atoms with van der Waals surface area (Å²) in [7, 11) is 1.86. The molecule has 0 saturated heterocycles. The van der Waals surface area contributed by atoms with Crippen molar-refractivity contribution in [3.8, 4) is 0 Å². The maximum atomic E-state index is 12.3. The van der Waals surface area contributed by atoms with Gasteiger partial charge in [-0.3, -0.25) is 9.59 Å². The van der Waals surface area contributed by atoms with Crippen LogP contribution in [0.15, 0.2) is 42.5 Å². The summed E-state index contributed by atoms with van der Waals surface area (Å²) in [6.45, 7) is 2.96. The van der Waals surface area contributed by atoms with E-state index in [1.165, 1.54) is 11.1 Å². The molecule has 2 aromatic carbocycles. The predicted octanol–water partition coefficient (Wildman–Crippen LogP) is 2.36. The summed E-state index contributed by atoms with van der Waals surface area (Å²) in [6.07, 6.45) is 0.788. The number of carbonyl (C=O) groups excluding carboxylic acids is 2. The van der Waals surface area contributed by atoms with E-state index in [2.05, 4.69) is 41.8 Å². The van der Waals surface area contributed by atoms with Crippen molar-refractivity contribution in [2.45, 2.75) is 13.3 Å². The zero-order valence-corrected chi connectivity index (χ0v) is 13.9. The van der Waals surface area contributed by atoms with E-state index in [0.29, 0.717) is 24.3 Å². The molecule has 2 amide bonds. The molecule has 0 spiro atoms. The summed E-state index contributed by atoms with van der Waals surface area (Å²) in [5.74, 6) is -0.200. The van der Waals surface area contributed by atoms with Gasteiger partial charge in [0.15, 0.2) is 0 Å². The number of carbonyl (C=O) groups is 2. The molecule has 3 rings (SSSR count). The minimum atomic E-state index is -0.132. The highest BCUT2D eigenvalue weighted by Gasteiger charge is 2.20. The number of nitrogens with zero attached hydrogens (tertiary/aromatic N) is 1. The van der Waals surface area contributed by atoms with Gasteiger partial charge >= 0.3 is 0 Å². The van der Waals surface area contributed by atoms with Crippen molar-refractivity contribution in [2.75, 3.05) is 30.4 Å². The fourth-order valence-corrected chi connectivity index (χ4v) is 2.78. The maximum absolute atomic E-state index is 12.3. The lowest BCUT2D eigenvalue weighted by atomic mass is 10.1. The molecule has 5 heteroatoms. The largest absolute Gasteiger partial charge is 0.364 e. The second kappa shape index (κ2) is 6.74. The molecule has 0 unspecified atom stereocenters. The van der Waals surface area contributed by atoms with Gasteiger partial charge in [-0.2, -0.15) is 0 Å². The molecule has 0 bridgehead atoms. The number of nitrogens with one attached hydrogen (secondary N) is 2. The summed E-state index contributed by atoms with van der Waals surface area (Å²) in [5, 5.41) is 5.74. The van der Waals surface area contributed by atoms with Crippen LogP contribution >= 0.6 is 0 Å². The first-order valence-electron chi connectivity index (χ1n) is 8.02. The Morgan fingerprint density at radius 2 is 1.96 bits per heavy atom. The van der Waals surface area contributed by atoms with E-state index in [4.69, 9.17) is 0 Å².